The molecule has 6 heteroatoms. The van der Waals surface area contributed by atoms with Crippen LogP contribution in [0.25, 0.3) is 10.2 Å². The number of thiophene rings is 1. The monoisotopic (exact) mass is 410 g/mol. The van der Waals surface area contributed by atoms with Crippen molar-refractivity contribution in [1.29, 1.82) is 0 Å². The fraction of sp³-hybridized carbons (Fsp3) is 0.478. The minimum Gasteiger partial charge on any atom is -0.368 e. The molecule has 1 saturated heterocycles. The first kappa shape index (κ1) is 20.1. The first-order valence-corrected chi connectivity index (χ1v) is 11.6. The van der Waals surface area contributed by atoms with Crippen LogP contribution in [0, 0.1) is 13.8 Å². The largest absolute Gasteiger partial charge is 0.368 e. The topological polar surface area (TPSA) is 36.7 Å². The summed E-state index contributed by atoms with van der Waals surface area (Å²) in [4.78, 5) is 19.0. The van der Waals surface area contributed by atoms with Gasteiger partial charge in [0.05, 0.1) is 18.5 Å². The molecule has 0 bridgehead atoms. The zero-order chi connectivity index (χ0) is 20.4. The highest BCUT2D eigenvalue weighted by molar-refractivity contribution is 7.18. The molecular weight excluding hydrogens is 378 g/mol. The van der Waals surface area contributed by atoms with Crippen molar-refractivity contribution in [3.8, 4) is 0 Å². The number of anilines is 2. The van der Waals surface area contributed by atoms with E-state index in [1.807, 2.05) is 11.3 Å². The Bertz CT molecular complexity index is 956. The molecule has 0 aliphatic carbocycles. The smallest absolute Gasteiger partial charge is 0.187 e. The van der Waals surface area contributed by atoms with Gasteiger partial charge in [-0.25, -0.2) is 9.97 Å². The van der Waals surface area contributed by atoms with Crippen molar-refractivity contribution in [3.05, 3.63) is 46.6 Å². The van der Waals surface area contributed by atoms with E-state index < -0.39 is 0 Å². The average Bonchev–Trinajstić information content (AvgIpc) is 3.05. The predicted molar refractivity (Wildman–Crippen MR) is 124 cm³/mol. The van der Waals surface area contributed by atoms with Crippen molar-refractivity contribution in [3.63, 3.8) is 0 Å². The summed E-state index contributed by atoms with van der Waals surface area (Å²) in [6.07, 6.45) is 0. The van der Waals surface area contributed by atoms with Gasteiger partial charge in [0.2, 0.25) is 0 Å². The Morgan fingerprint density at radius 2 is 1.59 bits per heavy atom. The average molecular weight is 411 g/mol. The summed E-state index contributed by atoms with van der Waals surface area (Å²) in [6.45, 7) is 16.0. The minimum absolute atomic E-state index is 0.899. The molecule has 3 heterocycles. The molecule has 29 heavy (non-hydrogen) atoms. The first-order chi connectivity index (χ1) is 14.1. The van der Waals surface area contributed by atoms with Crippen molar-refractivity contribution >= 4 is 33.1 Å². The van der Waals surface area contributed by atoms with Crippen LogP contribution in [0.1, 0.15) is 30.1 Å². The second-order valence-electron chi connectivity index (χ2n) is 7.87. The fourth-order valence-corrected chi connectivity index (χ4v) is 5.16. The molecule has 154 valence electrons. The molecular formula is C23H32N5S+. The van der Waals surface area contributed by atoms with Crippen LogP contribution in [0.5, 0.6) is 0 Å². The fourth-order valence-electron chi connectivity index (χ4n) is 4.12. The van der Waals surface area contributed by atoms with E-state index in [0.29, 0.717) is 0 Å². The molecule has 0 spiro atoms. The Kier molecular flexibility index (Phi) is 6.01. The number of fused-ring (bicyclic) bond motifs is 1. The van der Waals surface area contributed by atoms with Crippen LogP contribution < -0.4 is 14.7 Å². The molecule has 0 amide bonds. The van der Waals surface area contributed by atoms with Gasteiger partial charge in [0.25, 0.3) is 0 Å². The third-order valence-corrected chi connectivity index (χ3v) is 7.27. The number of benzene rings is 1. The van der Waals surface area contributed by atoms with Gasteiger partial charge in [-0.1, -0.05) is 18.2 Å². The van der Waals surface area contributed by atoms with Crippen LogP contribution in [-0.2, 0) is 6.54 Å². The van der Waals surface area contributed by atoms with E-state index in [1.165, 1.54) is 26.4 Å². The highest BCUT2D eigenvalue weighted by Crippen LogP contribution is 2.35. The number of quaternary nitrogens is 1. The van der Waals surface area contributed by atoms with Gasteiger partial charge in [0, 0.05) is 36.7 Å². The molecule has 0 unspecified atom stereocenters. The first-order valence-electron chi connectivity index (χ1n) is 10.8. The van der Waals surface area contributed by atoms with Gasteiger partial charge >= 0.3 is 0 Å². The number of rotatable bonds is 6. The van der Waals surface area contributed by atoms with E-state index in [0.717, 1.165) is 62.3 Å². The molecule has 0 saturated carbocycles. The lowest BCUT2D eigenvalue weighted by atomic mass is 10.2. The Hall–Kier alpha value is -2.18. The summed E-state index contributed by atoms with van der Waals surface area (Å²) in [5.41, 5.74) is 2.65. The second kappa shape index (κ2) is 8.67. The van der Waals surface area contributed by atoms with Crippen molar-refractivity contribution in [1.82, 2.24) is 9.97 Å². The Morgan fingerprint density at radius 1 is 0.931 bits per heavy atom. The maximum Gasteiger partial charge on any atom is 0.187 e. The molecule has 0 atom stereocenters. The van der Waals surface area contributed by atoms with E-state index in [1.54, 1.807) is 0 Å². The van der Waals surface area contributed by atoms with Gasteiger partial charge in [-0.3, -0.25) is 0 Å². The van der Waals surface area contributed by atoms with Crippen LogP contribution in [0.15, 0.2) is 30.3 Å². The Morgan fingerprint density at radius 3 is 2.24 bits per heavy atom. The van der Waals surface area contributed by atoms with E-state index in [-0.39, 0.29) is 0 Å². The normalized spacial score (nSPS) is 14.9. The zero-order valence-electron chi connectivity index (χ0n) is 18.0. The zero-order valence-corrected chi connectivity index (χ0v) is 18.9. The van der Waals surface area contributed by atoms with Gasteiger partial charge < -0.3 is 14.7 Å². The van der Waals surface area contributed by atoms with Gasteiger partial charge in [-0.2, -0.15) is 0 Å². The van der Waals surface area contributed by atoms with Crippen LogP contribution in [0.2, 0.25) is 0 Å². The van der Waals surface area contributed by atoms with E-state index >= 15 is 0 Å². The van der Waals surface area contributed by atoms with Crippen molar-refractivity contribution in [2.45, 2.75) is 34.2 Å². The molecule has 1 aliphatic heterocycles. The molecule has 1 N–H and O–H groups in total. The third-order valence-electron chi connectivity index (χ3n) is 6.16. The van der Waals surface area contributed by atoms with Crippen molar-refractivity contribution < 1.29 is 4.90 Å². The lowest BCUT2D eigenvalue weighted by Crippen LogP contribution is -3.10. The number of aryl methyl sites for hydroxylation is 2. The standard InChI is InChI=1S/C23H31N5S/c1-5-26(6-2)16-20-24-22(21-17(3)18(4)29-23(21)25-20)28-14-12-27(13-15-28)19-10-8-7-9-11-19/h7-11H,5-6,12-16H2,1-4H3/p+1. The van der Waals surface area contributed by atoms with E-state index in [9.17, 15) is 0 Å². The lowest BCUT2D eigenvalue weighted by molar-refractivity contribution is -0.910. The summed E-state index contributed by atoms with van der Waals surface area (Å²) < 4.78 is 0. The SMILES string of the molecule is CC[NH+](CC)Cc1nc(N2CCN(c3ccccc3)CC2)c2c(C)c(C)sc2n1. The van der Waals surface area contributed by atoms with Crippen molar-refractivity contribution in [2.75, 3.05) is 49.1 Å². The Balaban J connectivity index is 1.63. The third kappa shape index (κ3) is 4.09. The summed E-state index contributed by atoms with van der Waals surface area (Å²) in [5.74, 6) is 2.13. The molecule has 2 aromatic heterocycles. The summed E-state index contributed by atoms with van der Waals surface area (Å²) >= 11 is 1.81. The molecule has 1 aromatic carbocycles. The van der Waals surface area contributed by atoms with Crippen LogP contribution in [0.3, 0.4) is 0 Å². The lowest BCUT2D eigenvalue weighted by Gasteiger charge is -2.37. The molecule has 5 nitrogen and oxygen atoms in total. The molecule has 1 fully saturated rings. The minimum atomic E-state index is 0.899. The second-order valence-corrected chi connectivity index (χ2v) is 9.07. The number of hydrogen-bond acceptors (Lipinski definition) is 5. The summed E-state index contributed by atoms with van der Waals surface area (Å²) in [7, 11) is 0. The maximum atomic E-state index is 5.11. The van der Waals surface area contributed by atoms with Gasteiger partial charge in [0.15, 0.2) is 5.82 Å². The van der Waals surface area contributed by atoms with E-state index in [4.69, 9.17) is 9.97 Å². The van der Waals surface area contributed by atoms with Gasteiger partial charge in [-0.15, -0.1) is 11.3 Å². The number of nitrogens with one attached hydrogen (secondary N) is 1. The van der Waals surface area contributed by atoms with Crippen LogP contribution >= 0.6 is 11.3 Å². The van der Waals surface area contributed by atoms with Crippen LogP contribution in [0.4, 0.5) is 11.5 Å². The molecule has 4 rings (SSSR count). The number of aromatic nitrogens is 2. The van der Waals surface area contributed by atoms with Gasteiger partial charge in [-0.05, 0) is 45.4 Å². The molecule has 0 radical (unpaired) electrons. The number of hydrogen-bond donors (Lipinski definition) is 1. The number of nitrogens with zero attached hydrogens (tertiary/aromatic N) is 4. The van der Waals surface area contributed by atoms with E-state index in [2.05, 4.69) is 67.8 Å². The molecule has 1 aliphatic rings. The highest BCUT2D eigenvalue weighted by Gasteiger charge is 2.24. The van der Waals surface area contributed by atoms with Crippen LogP contribution in [-0.4, -0.2) is 49.2 Å². The van der Waals surface area contributed by atoms with Gasteiger partial charge in [0.1, 0.15) is 17.2 Å². The number of piperazine rings is 1. The summed E-state index contributed by atoms with van der Waals surface area (Å²) in [5, 5.41) is 1.26. The quantitative estimate of drug-likeness (QED) is 0.678. The Labute approximate surface area is 178 Å². The number of para-hydroxylation sites is 1. The molecule has 3 aromatic rings. The van der Waals surface area contributed by atoms with Crippen molar-refractivity contribution in [2.24, 2.45) is 0 Å². The maximum absolute atomic E-state index is 5.11. The highest BCUT2D eigenvalue weighted by atomic mass is 32.1. The summed E-state index contributed by atoms with van der Waals surface area (Å²) in [6, 6.07) is 10.7. The predicted octanol–water partition coefficient (Wildman–Crippen LogP) is 3.06.